The molecule has 0 saturated carbocycles. The van der Waals surface area contributed by atoms with Crippen molar-refractivity contribution in [2.45, 2.75) is 18.9 Å². The van der Waals surface area contributed by atoms with Crippen molar-refractivity contribution in [2.24, 2.45) is 0 Å². The fourth-order valence-electron chi connectivity index (χ4n) is 1.91. The Hall–Kier alpha value is -1.13. The Morgan fingerprint density at radius 2 is 2.41 bits per heavy atom. The van der Waals surface area contributed by atoms with Crippen LogP contribution >= 0.6 is 11.6 Å². The zero-order valence-corrected chi connectivity index (χ0v) is 10.1. The number of benzene rings is 1. The summed E-state index contributed by atoms with van der Waals surface area (Å²) in [6, 6.07) is 4.26. The molecule has 0 spiro atoms. The van der Waals surface area contributed by atoms with Gasteiger partial charge in [0.05, 0.1) is 5.56 Å². The normalized spacial score (nSPS) is 19.3. The molecule has 5 heteroatoms. The zero-order valence-electron chi connectivity index (χ0n) is 9.30. The Morgan fingerprint density at radius 1 is 1.59 bits per heavy atom. The summed E-state index contributed by atoms with van der Waals surface area (Å²) in [6.07, 6.45) is 2.16. The molecule has 1 saturated heterocycles. The summed E-state index contributed by atoms with van der Waals surface area (Å²) in [6.45, 7) is 1.50. The van der Waals surface area contributed by atoms with Gasteiger partial charge in [0, 0.05) is 17.6 Å². The Balaban J connectivity index is 1.96. The van der Waals surface area contributed by atoms with Gasteiger partial charge in [-0.05, 0) is 37.6 Å². The van der Waals surface area contributed by atoms with Gasteiger partial charge in [-0.25, -0.2) is 4.39 Å². The third-order valence-corrected chi connectivity index (χ3v) is 3.08. The average Bonchev–Trinajstić information content (AvgIpc) is 2.82. The molecule has 1 heterocycles. The lowest BCUT2D eigenvalue weighted by Gasteiger charge is -2.11. The fourth-order valence-corrected chi connectivity index (χ4v) is 2.09. The molecule has 1 aromatic carbocycles. The highest BCUT2D eigenvalue weighted by Crippen LogP contribution is 2.14. The molecular weight excluding hydrogens is 243 g/mol. The lowest BCUT2D eigenvalue weighted by atomic mass is 10.2. The van der Waals surface area contributed by atoms with Gasteiger partial charge < -0.3 is 10.6 Å². The first-order valence-electron chi connectivity index (χ1n) is 5.63. The molecule has 1 unspecified atom stereocenters. The van der Waals surface area contributed by atoms with Crippen LogP contribution in [-0.2, 0) is 0 Å². The predicted molar refractivity (Wildman–Crippen MR) is 64.8 cm³/mol. The van der Waals surface area contributed by atoms with Crippen molar-refractivity contribution in [1.82, 2.24) is 10.6 Å². The number of carbonyl (C=O) groups excluding carboxylic acids is 1. The fraction of sp³-hybridized carbons (Fsp3) is 0.417. The predicted octanol–water partition coefficient (Wildman–Crippen LogP) is 1.96. The van der Waals surface area contributed by atoms with Crippen LogP contribution in [0.4, 0.5) is 4.39 Å². The van der Waals surface area contributed by atoms with Gasteiger partial charge in [0.15, 0.2) is 0 Å². The largest absolute Gasteiger partial charge is 0.350 e. The summed E-state index contributed by atoms with van der Waals surface area (Å²) < 4.78 is 13.4. The summed E-state index contributed by atoms with van der Waals surface area (Å²) in [7, 11) is 0. The monoisotopic (exact) mass is 256 g/mol. The molecule has 1 aromatic rings. The zero-order chi connectivity index (χ0) is 12.3. The maximum absolute atomic E-state index is 13.4. The summed E-state index contributed by atoms with van der Waals surface area (Å²) in [4.78, 5) is 11.7. The van der Waals surface area contributed by atoms with E-state index in [4.69, 9.17) is 11.6 Å². The SMILES string of the molecule is O=C(NCC1CCCN1)c1cc(Cl)ccc1F. The van der Waals surface area contributed by atoms with Crippen LogP contribution in [0.15, 0.2) is 18.2 Å². The van der Waals surface area contributed by atoms with Gasteiger partial charge in [-0.1, -0.05) is 11.6 Å². The van der Waals surface area contributed by atoms with Gasteiger partial charge in [-0.3, -0.25) is 4.79 Å². The minimum absolute atomic E-state index is 0.00417. The number of carbonyl (C=O) groups is 1. The van der Waals surface area contributed by atoms with Crippen molar-refractivity contribution in [1.29, 1.82) is 0 Å². The Kier molecular flexibility index (Phi) is 3.97. The third kappa shape index (κ3) is 3.17. The van der Waals surface area contributed by atoms with E-state index in [1.807, 2.05) is 0 Å². The topological polar surface area (TPSA) is 41.1 Å². The molecule has 2 N–H and O–H groups in total. The van der Waals surface area contributed by atoms with Crippen LogP contribution in [0.5, 0.6) is 0 Å². The quantitative estimate of drug-likeness (QED) is 0.868. The van der Waals surface area contributed by atoms with Gasteiger partial charge >= 0.3 is 0 Å². The van der Waals surface area contributed by atoms with E-state index in [0.717, 1.165) is 19.4 Å². The van der Waals surface area contributed by atoms with Crippen molar-refractivity contribution in [3.05, 3.63) is 34.6 Å². The Morgan fingerprint density at radius 3 is 3.12 bits per heavy atom. The van der Waals surface area contributed by atoms with Crippen LogP contribution < -0.4 is 10.6 Å². The van der Waals surface area contributed by atoms with Crippen LogP contribution in [-0.4, -0.2) is 25.0 Å². The van der Waals surface area contributed by atoms with Crippen LogP contribution in [0.1, 0.15) is 23.2 Å². The van der Waals surface area contributed by atoms with E-state index in [0.29, 0.717) is 17.6 Å². The smallest absolute Gasteiger partial charge is 0.254 e. The first kappa shape index (κ1) is 12.3. The summed E-state index contributed by atoms with van der Waals surface area (Å²) in [5, 5.41) is 6.32. The maximum Gasteiger partial charge on any atom is 0.254 e. The van der Waals surface area contributed by atoms with E-state index in [1.54, 1.807) is 0 Å². The number of halogens is 2. The lowest BCUT2D eigenvalue weighted by Crippen LogP contribution is -2.37. The van der Waals surface area contributed by atoms with Crippen LogP contribution in [0.2, 0.25) is 5.02 Å². The molecule has 0 aliphatic carbocycles. The summed E-state index contributed by atoms with van der Waals surface area (Å²) in [5.74, 6) is -0.968. The molecule has 0 bridgehead atoms. The second-order valence-electron chi connectivity index (χ2n) is 4.13. The third-order valence-electron chi connectivity index (χ3n) is 2.84. The molecule has 17 heavy (non-hydrogen) atoms. The highest BCUT2D eigenvalue weighted by Gasteiger charge is 2.17. The number of hydrogen-bond acceptors (Lipinski definition) is 2. The van der Waals surface area contributed by atoms with E-state index in [1.165, 1.54) is 18.2 Å². The molecule has 92 valence electrons. The molecule has 1 aliphatic rings. The van der Waals surface area contributed by atoms with E-state index in [-0.39, 0.29) is 5.56 Å². The highest BCUT2D eigenvalue weighted by atomic mass is 35.5. The second kappa shape index (κ2) is 5.47. The maximum atomic E-state index is 13.4. The Bertz CT molecular complexity index is 419. The first-order valence-corrected chi connectivity index (χ1v) is 6.01. The number of rotatable bonds is 3. The van der Waals surface area contributed by atoms with Crippen LogP contribution in [0.3, 0.4) is 0 Å². The van der Waals surface area contributed by atoms with Crippen molar-refractivity contribution in [2.75, 3.05) is 13.1 Å². The number of amides is 1. The van der Waals surface area contributed by atoms with E-state index >= 15 is 0 Å². The average molecular weight is 257 g/mol. The Labute approximate surface area is 104 Å². The molecule has 1 aliphatic heterocycles. The minimum atomic E-state index is -0.550. The highest BCUT2D eigenvalue weighted by molar-refractivity contribution is 6.30. The van der Waals surface area contributed by atoms with Crippen LogP contribution in [0.25, 0.3) is 0 Å². The van der Waals surface area contributed by atoms with Gasteiger partial charge in [0.1, 0.15) is 5.82 Å². The molecule has 2 rings (SSSR count). The van der Waals surface area contributed by atoms with E-state index < -0.39 is 11.7 Å². The van der Waals surface area contributed by atoms with Crippen molar-refractivity contribution < 1.29 is 9.18 Å². The second-order valence-corrected chi connectivity index (χ2v) is 4.56. The van der Waals surface area contributed by atoms with Gasteiger partial charge in [-0.15, -0.1) is 0 Å². The van der Waals surface area contributed by atoms with Gasteiger partial charge in [0.25, 0.3) is 5.91 Å². The van der Waals surface area contributed by atoms with E-state index in [9.17, 15) is 9.18 Å². The van der Waals surface area contributed by atoms with E-state index in [2.05, 4.69) is 10.6 Å². The number of nitrogens with one attached hydrogen (secondary N) is 2. The molecule has 0 radical (unpaired) electrons. The molecule has 1 atom stereocenters. The lowest BCUT2D eigenvalue weighted by molar-refractivity contribution is 0.0946. The molecule has 1 fully saturated rings. The molecule has 0 aromatic heterocycles. The summed E-state index contributed by atoms with van der Waals surface area (Å²) in [5.41, 5.74) is -0.00417. The first-order chi connectivity index (χ1) is 8.16. The van der Waals surface area contributed by atoms with Gasteiger partial charge in [-0.2, -0.15) is 0 Å². The molecule has 1 amide bonds. The van der Waals surface area contributed by atoms with Gasteiger partial charge in [0.2, 0.25) is 0 Å². The van der Waals surface area contributed by atoms with Crippen molar-refractivity contribution >= 4 is 17.5 Å². The minimum Gasteiger partial charge on any atom is -0.350 e. The number of hydrogen-bond donors (Lipinski definition) is 2. The molecule has 3 nitrogen and oxygen atoms in total. The molecular formula is C12H14ClFN2O. The standard InChI is InChI=1S/C12H14ClFN2O/c13-8-3-4-11(14)10(6-8)12(17)16-7-9-2-1-5-15-9/h3-4,6,9,15H,1-2,5,7H2,(H,16,17). The van der Waals surface area contributed by atoms with Crippen LogP contribution in [0, 0.1) is 5.82 Å². The van der Waals surface area contributed by atoms with Crippen molar-refractivity contribution in [3.63, 3.8) is 0 Å². The summed E-state index contributed by atoms with van der Waals surface area (Å²) >= 11 is 5.73. The van der Waals surface area contributed by atoms with Crippen molar-refractivity contribution in [3.8, 4) is 0 Å².